The average Bonchev–Trinajstić information content (AvgIpc) is 2.98. The van der Waals surface area contributed by atoms with Gasteiger partial charge in [-0.25, -0.2) is 19.2 Å². The van der Waals surface area contributed by atoms with E-state index in [-0.39, 0.29) is 11.0 Å². The number of hydrogen-bond acceptors (Lipinski definition) is 12. The monoisotopic (exact) mass is 628 g/mol. The van der Waals surface area contributed by atoms with Crippen molar-refractivity contribution < 1.29 is 30.1 Å². The standard InChI is InChI=1S/C9H6N2O2.2C8H8N2O.C7H10N2.2H2O/c1-7-2-3-8(10-5-12)4-9(7)11-6-13;1-6-2-3-7(10-5-11)4-8(6)9;1-6-2-3-7(9)4-8(6)10-5-11;1-5-2-3-6(8)4-7(5)9;;/h2-4H,1H3;2*2-4H,9H2,1H3;2-4H,8-9H2,1H3;2*1H2. The molecule has 14 heteroatoms. The fourth-order valence-corrected chi connectivity index (χ4v) is 3.09. The minimum absolute atomic E-state index is 0. The molecule has 14 nitrogen and oxygen atoms in total. The van der Waals surface area contributed by atoms with Crippen molar-refractivity contribution >= 4 is 69.8 Å². The number of aryl methyl sites for hydroxylation is 4. The van der Waals surface area contributed by atoms with Gasteiger partial charge < -0.3 is 33.9 Å². The normalized spacial score (nSPS) is 8.43. The van der Waals surface area contributed by atoms with Gasteiger partial charge in [0.25, 0.3) is 0 Å². The first-order valence-corrected chi connectivity index (χ1v) is 12.7. The van der Waals surface area contributed by atoms with Crippen molar-refractivity contribution in [2.45, 2.75) is 27.7 Å². The smallest absolute Gasteiger partial charge is 0.240 e. The molecule has 0 atom stereocenters. The second kappa shape index (κ2) is 22.1. The predicted octanol–water partition coefficient (Wildman–Crippen LogP) is 4.53. The van der Waals surface area contributed by atoms with Crippen LogP contribution in [0.5, 0.6) is 0 Å². The minimum atomic E-state index is 0. The lowest BCUT2D eigenvalue weighted by molar-refractivity contribution is 0.564. The highest BCUT2D eigenvalue weighted by Gasteiger charge is 1.98. The van der Waals surface area contributed by atoms with E-state index in [1.807, 2.05) is 45.0 Å². The number of nitrogens with zero attached hydrogens (tertiary/aromatic N) is 4. The predicted molar refractivity (Wildman–Crippen MR) is 181 cm³/mol. The van der Waals surface area contributed by atoms with Crippen molar-refractivity contribution in [3.8, 4) is 0 Å². The SMILES string of the molecule is Cc1ccc(N)cc1N.Cc1ccc(N)cc1N=C=O.Cc1ccc(N=C=O)cc1N.Cc1ccc(N=C=O)cc1N=C=O.O.O. The molecule has 4 rings (SSSR count). The summed E-state index contributed by atoms with van der Waals surface area (Å²) >= 11 is 0. The van der Waals surface area contributed by atoms with E-state index in [9.17, 15) is 19.2 Å². The van der Waals surface area contributed by atoms with Crippen LogP contribution in [0.2, 0.25) is 0 Å². The number of rotatable bonds is 4. The second-order valence-corrected chi connectivity index (χ2v) is 8.99. The lowest BCUT2D eigenvalue weighted by atomic mass is 10.2. The summed E-state index contributed by atoms with van der Waals surface area (Å²) in [5, 5.41) is 0. The van der Waals surface area contributed by atoms with Gasteiger partial charge in [-0.05, 0) is 98.5 Å². The Labute approximate surface area is 265 Å². The van der Waals surface area contributed by atoms with E-state index < -0.39 is 0 Å². The molecule has 0 radical (unpaired) electrons. The van der Waals surface area contributed by atoms with Crippen LogP contribution in [-0.2, 0) is 19.2 Å². The van der Waals surface area contributed by atoms with Crippen LogP contribution in [0.1, 0.15) is 22.3 Å². The number of benzene rings is 4. The van der Waals surface area contributed by atoms with Gasteiger partial charge in [-0.2, -0.15) is 20.0 Å². The van der Waals surface area contributed by atoms with Crippen molar-refractivity contribution in [3.63, 3.8) is 0 Å². The van der Waals surface area contributed by atoms with Gasteiger partial charge in [-0.3, -0.25) is 0 Å². The summed E-state index contributed by atoms with van der Waals surface area (Å²) in [5.41, 5.74) is 30.6. The van der Waals surface area contributed by atoms with Crippen molar-refractivity contribution in [1.29, 1.82) is 0 Å². The first-order chi connectivity index (χ1) is 20.9. The first-order valence-electron chi connectivity index (χ1n) is 12.7. The third-order valence-corrected chi connectivity index (χ3v) is 5.67. The Kier molecular flexibility index (Phi) is 20.0. The molecule has 0 amide bonds. The third kappa shape index (κ3) is 15.1. The number of nitrogens with two attached hydrogens (primary N) is 4. The lowest BCUT2D eigenvalue weighted by Crippen LogP contribution is -1.91. The van der Waals surface area contributed by atoms with Crippen molar-refractivity contribution in [1.82, 2.24) is 0 Å². The van der Waals surface area contributed by atoms with Crippen LogP contribution in [0.4, 0.5) is 45.5 Å². The number of hydrogen-bond donors (Lipinski definition) is 4. The van der Waals surface area contributed by atoms with E-state index in [2.05, 4.69) is 20.0 Å². The molecule has 0 saturated heterocycles. The Hall–Kier alpha value is -6.48. The zero-order chi connectivity index (χ0) is 33.1. The average molecular weight is 629 g/mol. The molecule has 0 unspecified atom stereocenters. The van der Waals surface area contributed by atoms with Crippen molar-refractivity contribution in [2.24, 2.45) is 20.0 Å². The van der Waals surface area contributed by atoms with Crippen LogP contribution in [0.3, 0.4) is 0 Å². The molecule has 0 aliphatic heterocycles. The number of carbonyl (C=O) groups excluding carboxylic acids is 4. The Morgan fingerprint density at radius 2 is 0.783 bits per heavy atom. The molecule has 46 heavy (non-hydrogen) atoms. The van der Waals surface area contributed by atoms with Crippen molar-refractivity contribution in [2.75, 3.05) is 22.9 Å². The fourth-order valence-electron chi connectivity index (χ4n) is 3.09. The summed E-state index contributed by atoms with van der Waals surface area (Å²) in [6.45, 7) is 7.50. The molecule has 0 aromatic heterocycles. The van der Waals surface area contributed by atoms with E-state index in [0.717, 1.165) is 33.6 Å². The molecule has 0 spiro atoms. The third-order valence-electron chi connectivity index (χ3n) is 5.67. The van der Waals surface area contributed by atoms with Gasteiger partial charge in [-0.1, -0.05) is 24.3 Å². The van der Waals surface area contributed by atoms with Gasteiger partial charge in [-0.15, -0.1) is 0 Å². The van der Waals surface area contributed by atoms with Gasteiger partial charge in [0.15, 0.2) is 0 Å². The molecule has 12 N–H and O–H groups in total. The highest BCUT2D eigenvalue weighted by Crippen LogP contribution is 2.24. The van der Waals surface area contributed by atoms with Gasteiger partial charge >= 0.3 is 0 Å². The van der Waals surface area contributed by atoms with Crippen LogP contribution < -0.4 is 22.9 Å². The number of anilines is 4. The fraction of sp³-hybridized carbons (Fsp3) is 0.125. The van der Waals surface area contributed by atoms with Crippen LogP contribution in [0, 0.1) is 27.7 Å². The topological polar surface area (TPSA) is 285 Å². The van der Waals surface area contributed by atoms with E-state index in [1.54, 1.807) is 49.4 Å². The summed E-state index contributed by atoms with van der Waals surface area (Å²) in [7, 11) is 0. The van der Waals surface area contributed by atoms with Crippen LogP contribution in [-0.4, -0.2) is 35.3 Å². The largest absolute Gasteiger partial charge is 0.412 e. The second-order valence-electron chi connectivity index (χ2n) is 8.99. The zero-order valence-corrected chi connectivity index (χ0v) is 25.7. The summed E-state index contributed by atoms with van der Waals surface area (Å²) < 4.78 is 0. The summed E-state index contributed by atoms with van der Waals surface area (Å²) in [6, 6.07) is 20.8. The summed E-state index contributed by atoms with van der Waals surface area (Å²) in [5.74, 6) is 0. The lowest BCUT2D eigenvalue weighted by Gasteiger charge is -1.98. The van der Waals surface area contributed by atoms with Gasteiger partial charge in [0.2, 0.25) is 24.3 Å². The van der Waals surface area contributed by atoms with Crippen LogP contribution in [0.15, 0.2) is 92.8 Å². The Balaban J connectivity index is 0. The molecule has 0 saturated carbocycles. The van der Waals surface area contributed by atoms with Gasteiger partial charge in [0.05, 0.1) is 22.7 Å². The minimum Gasteiger partial charge on any atom is -0.412 e. The number of isocyanates is 4. The highest BCUT2D eigenvalue weighted by molar-refractivity contribution is 5.62. The van der Waals surface area contributed by atoms with Gasteiger partial charge in [0.1, 0.15) is 0 Å². The van der Waals surface area contributed by atoms with Crippen LogP contribution >= 0.6 is 0 Å². The molecule has 4 aromatic carbocycles. The Morgan fingerprint density at radius 3 is 1.20 bits per heavy atom. The maximum absolute atomic E-state index is 10.00. The van der Waals surface area contributed by atoms with E-state index in [1.165, 1.54) is 30.4 Å². The molecule has 240 valence electrons. The molecule has 0 aliphatic rings. The molecule has 0 fully saturated rings. The van der Waals surface area contributed by atoms with Crippen molar-refractivity contribution in [3.05, 3.63) is 95.1 Å². The maximum Gasteiger partial charge on any atom is 0.240 e. The van der Waals surface area contributed by atoms with Crippen LogP contribution in [0.25, 0.3) is 0 Å². The summed E-state index contributed by atoms with van der Waals surface area (Å²) in [6.07, 6.45) is 5.76. The molecular weight excluding hydrogens is 592 g/mol. The van der Waals surface area contributed by atoms with E-state index in [0.29, 0.717) is 34.1 Å². The molecule has 0 bridgehead atoms. The zero-order valence-electron chi connectivity index (χ0n) is 25.7. The number of aliphatic imine (C=N–C) groups is 4. The summed E-state index contributed by atoms with van der Waals surface area (Å²) in [4.78, 5) is 53.4. The Morgan fingerprint density at radius 1 is 0.435 bits per heavy atom. The number of nitrogen functional groups attached to an aromatic ring is 4. The quantitative estimate of drug-likeness (QED) is 0.141. The van der Waals surface area contributed by atoms with Gasteiger partial charge in [0, 0.05) is 22.7 Å². The first kappa shape index (κ1) is 41.7. The van der Waals surface area contributed by atoms with E-state index >= 15 is 0 Å². The van der Waals surface area contributed by atoms with E-state index in [4.69, 9.17) is 22.9 Å². The highest BCUT2D eigenvalue weighted by atomic mass is 16.1. The molecule has 4 aromatic rings. The molecule has 0 heterocycles. The Bertz CT molecular complexity index is 1790. The maximum atomic E-state index is 10.00. The molecule has 0 aliphatic carbocycles. The molecular formula is C32H36N8O6.